The first-order valence-electron chi connectivity index (χ1n) is 3.29. The van der Waals surface area contributed by atoms with Crippen molar-refractivity contribution in [2.24, 2.45) is 0 Å². The molecule has 0 unspecified atom stereocenters. The van der Waals surface area contributed by atoms with Crippen LogP contribution in [0.15, 0.2) is 11.1 Å². The number of thioether (sulfide) groups is 1. The fourth-order valence-electron chi connectivity index (χ4n) is 0.974. The van der Waals surface area contributed by atoms with Gasteiger partial charge in [-0.2, -0.15) is 0 Å². The highest BCUT2D eigenvalue weighted by Gasteiger charge is 2.03. The van der Waals surface area contributed by atoms with Crippen LogP contribution in [0.5, 0.6) is 0 Å². The summed E-state index contributed by atoms with van der Waals surface area (Å²) in [7, 11) is 0. The Hall–Kier alpha value is -0.570. The minimum Gasteiger partial charge on any atom is -0.397 e. The predicted molar refractivity (Wildman–Crippen MR) is 46.4 cm³/mol. The summed E-state index contributed by atoms with van der Waals surface area (Å²) in [6.45, 7) is 2.12. The molecule has 0 radical (unpaired) electrons. The minimum absolute atomic E-state index is 0.865. The highest BCUT2D eigenvalue weighted by molar-refractivity contribution is 7.98. The average Bonchev–Trinajstić information content (AvgIpc) is 2.30. The van der Waals surface area contributed by atoms with E-state index in [1.54, 1.807) is 11.8 Å². The number of anilines is 1. The van der Waals surface area contributed by atoms with Crippen LogP contribution in [0, 0.1) is 0 Å². The Morgan fingerprint density at radius 1 is 1.70 bits per heavy atom. The van der Waals surface area contributed by atoms with Crippen LogP contribution in [0.1, 0.15) is 12.6 Å². The van der Waals surface area contributed by atoms with Crippen molar-refractivity contribution in [2.75, 3.05) is 12.0 Å². The molecule has 2 nitrogen and oxygen atoms in total. The van der Waals surface area contributed by atoms with Crippen molar-refractivity contribution in [3.05, 3.63) is 11.9 Å². The lowest BCUT2D eigenvalue weighted by molar-refractivity contribution is 1.02. The number of hydrogen-bond acceptors (Lipinski definition) is 2. The number of rotatable bonds is 2. The van der Waals surface area contributed by atoms with Gasteiger partial charge in [0, 0.05) is 11.9 Å². The van der Waals surface area contributed by atoms with Gasteiger partial charge in [0.15, 0.2) is 0 Å². The van der Waals surface area contributed by atoms with Crippen molar-refractivity contribution in [3.8, 4) is 0 Å². The van der Waals surface area contributed by atoms with Crippen LogP contribution in [0.2, 0.25) is 0 Å². The first-order chi connectivity index (χ1) is 4.79. The lowest BCUT2D eigenvalue weighted by Gasteiger charge is -1.96. The molecule has 1 rings (SSSR count). The summed E-state index contributed by atoms with van der Waals surface area (Å²) < 4.78 is 0. The number of nitrogens with one attached hydrogen (secondary N) is 1. The summed E-state index contributed by atoms with van der Waals surface area (Å²) in [6.07, 6.45) is 4.91. The largest absolute Gasteiger partial charge is 0.397 e. The van der Waals surface area contributed by atoms with Gasteiger partial charge in [-0.05, 0) is 12.7 Å². The van der Waals surface area contributed by atoms with E-state index in [4.69, 9.17) is 5.73 Å². The molecule has 1 heterocycles. The Labute approximate surface area is 65.2 Å². The monoisotopic (exact) mass is 156 g/mol. The van der Waals surface area contributed by atoms with Crippen LogP contribution in [-0.4, -0.2) is 11.2 Å². The molecule has 0 amide bonds. The van der Waals surface area contributed by atoms with Gasteiger partial charge in [0.25, 0.3) is 0 Å². The molecule has 0 atom stereocenters. The maximum atomic E-state index is 5.68. The molecule has 0 aromatic carbocycles. The first kappa shape index (κ1) is 7.54. The van der Waals surface area contributed by atoms with Gasteiger partial charge >= 0.3 is 0 Å². The van der Waals surface area contributed by atoms with Crippen molar-refractivity contribution >= 4 is 17.4 Å². The summed E-state index contributed by atoms with van der Waals surface area (Å²) in [5.41, 5.74) is 7.78. The van der Waals surface area contributed by atoms with E-state index in [1.165, 1.54) is 10.6 Å². The van der Waals surface area contributed by atoms with E-state index in [0.29, 0.717) is 0 Å². The zero-order chi connectivity index (χ0) is 7.56. The van der Waals surface area contributed by atoms with Crippen LogP contribution < -0.4 is 5.73 Å². The molecule has 0 aliphatic heterocycles. The number of aryl methyl sites for hydroxylation is 1. The second-order valence-corrected chi connectivity index (χ2v) is 2.93. The van der Waals surface area contributed by atoms with E-state index in [0.717, 1.165) is 12.1 Å². The molecule has 3 N–H and O–H groups in total. The fraction of sp³-hybridized carbons (Fsp3) is 0.429. The number of aromatic nitrogens is 1. The van der Waals surface area contributed by atoms with Gasteiger partial charge in [0.1, 0.15) is 0 Å². The summed E-state index contributed by atoms with van der Waals surface area (Å²) in [5.74, 6) is 0. The van der Waals surface area contributed by atoms with E-state index in [1.807, 2.05) is 12.5 Å². The number of hydrogen-bond donors (Lipinski definition) is 2. The molecule has 56 valence electrons. The summed E-state index contributed by atoms with van der Waals surface area (Å²) in [5, 5.41) is 0. The van der Waals surface area contributed by atoms with E-state index in [-0.39, 0.29) is 0 Å². The van der Waals surface area contributed by atoms with Gasteiger partial charge < -0.3 is 10.7 Å². The van der Waals surface area contributed by atoms with Crippen molar-refractivity contribution in [1.29, 1.82) is 0 Å². The van der Waals surface area contributed by atoms with E-state index >= 15 is 0 Å². The molecule has 3 heteroatoms. The van der Waals surface area contributed by atoms with E-state index in [2.05, 4.69) is 11.9 Å². The van der Waals surface area contributed by atoms with Crippen molar-refractivity contribution in [3.63, 3.8) is 0 Å². The third-order valence-corrected chi connectivity index (χ3v) is 2.39. The van der Waals surface area contributed by atoms with Gasteiger partial charge in [0.2, 0.25) is 0 Å². The normalized spacial score (nSPS) is 10.2. The number of aromatic amines is 1. The van der Waals surface area contributed by atoms with Crippen LogP contribution in [-0.2, 0) is 6.42 Å². The van der Waals surface area contributed by atoms with E-state index in [9.17, 15) is 0 Å². The quantitative estimate of drug-likeness (QED) is 0.642. The van der Waals surface area contributed by atoms with Gasteiger partial charge in [-0.3, -0.25) is 0 Å². The summed E-state index contributed by atoms with van der Waals surface area (Å²) in [4.78, 5) is 4.33. The second-order valence-electron chi connectivity index (χ2n) is 2.11. The molecule has 0 spiro atoms. The number of nitrogens with two attached hydrogens (primary N) is 1. The lowest BCUT2D eigenvalue weighted by Crippen LogP contribution is -1.85. The highest BCUT2D eigenvalue weighted by Crippen LogP contribution is 2.26. The van der Waals surface area contributed by atoms with Crippen LogP contribution in [0.25, 0.3) is 0 Å². The third-order valence-electron chi connectivity index (χ3n) is 1.50. The molecule has 10 heavy (non-hydrogen) atoms. The van der Waals surface area contributed by atoms with Gasteiger partial charge in [0.05, 0.1) is 10.6 Å². The zero-order valence-corrected chi connectivity index (χ0v) is 7.09. The molecule has 0 bridgehead atoms. The van der Waals surface area contributed by atoms with Gasteiger partial charge in [-0.15, -0.1) is 11.8 Å². The fourth-order valence-corrected chi connectivity index (χ4v) is 1.72. The molecule has 0 saturated heterocycles. The first-order valence-corrected chi connectivity index (χ1v) is 4.51. The Kier molecular flexibility index (Phi) is 2.27. The van der Waals surface area contributed by atoms with Gasteiger partial charge in [-0.1, -0.05) is 6.92 Å². The molecule has 1 aromatic rings. The molecule has 0 saturated carbocycles. The molecule has 0 aliphatic rings. The standard InChI is InChI=1S/C7H12N2S/c1-3-6-7(10-2)5(8)4-9-6/h4,9H,3,8H2,1-2H3. The number of nitrogen functional groups attached to an aromatic ring is 1. The van der Waals surface area contributed by atoms with Crippen molar-refractivity contribution in [2.45, 2.75) is 18.2 Å². The average molecular weight is 156 g/mol. The Morgan fingerprint density at radius 3 is 2.80 bits per heavy atom. The van der Waals surface area contributed by atoms with E-state index < -0.39 is 0 Å². The molecule has 0 fully saturated rings. The Morgan fingerprint density at radius 2 is 2.40 bits per heavy atom. The Bertz CT molecular complexity index is 217. The predicted octanol–water partition coefficient (Wildman–Crippen LogP) is 1.88. The summed E-state index contributed by atoms with van der Waals surface area (Å²) >= 11 is 1.70. The van der Waals surface area contributed by atoms with Crippen molar-refractivity contribution < 1.29 is 0 Å². The molecule has 0 aliphatic carbocycles. The minimum atomic E-state index is 0.865. The summed E-state index contributed by atoms with van der Waals surface area (Å²) in [6, 6.07) is 0. The molecule has 1 aromatic heterocycles. The molecular weight excluding hydrogens is 144 g/mol. The maximum Gasteiger partial charge on any atom is 0.0632 e. The zero-order valence-electron chi connectivity index (χ0n) is 6.27. The second kappa shape index (κ2) is 3.01. The number of H-pyrrole nitrogens is 1. The van der Waals surface area contributed by atoms with Crippen molar-refractivity contribution in [1.82, 2.24) is 4.98 Å². The van der Waals surface area contributed by atoms with Crippen LogP contribution in [0.3, 0.4) is 0 Å². The highest BCUT2D eigenvalue weighted by atomic mass is 32.2. The van der Waals surface area contributed by atoms with Crippen LogP contribution >= 0.6 is 11.8 Å². The third kappa shape index (κ3) is 1.14. The van der Waals surface area contributed by atoms with Gasteiger partial charge in [-0.25, -0.2) is 0 Å². The SMILES string of the molecule is CCc1[nH]cc(N)c1SC. The maximum absolute atomic E-state index is 5.68. The molecular formula is C7H12N2S. The van der Waals surface area contributed by atoms with Crippen LogP contribution in [0.4, 0.5) is 5.69 Å². The lowest BCUT2D eigenvalue weighted by atomic mass is 10.3. The Balaban J connectivity index is 3.01. The smallest absolute Gasteiger partial charge is 0.0632 e. The topological polar surface area (TPSA) is 41.8 Å².